The topological polar surface area (TPSA) is 134 Å². The number of thiazole rings is 1. The normalized spacial score (nSPS) is 22.3. The van der Waals surface area contributed by atoms with E-state index in [2.05, 4.69) is 65.2 Å². The van der Waals surface area contributed by atoms with Crippen molar-refractivity contribution in [1.29, 1.82) is 0 Å². The lowest BCUT2D eigenvalue weighted by atomic mass is 9.84. The van der Waals surface area contributed by atoms with Gasteiger partial charge in [0.25, 0.3) is 5.91 Å². The van der Waals surface area contributed by atoms with Crippen LogP contribution in [0.1, 0.15) is 69.3 Å². The van der Waals surface area contributed by atoms with Crippen molar-refractivity contribution in [3.63, 3.8) is 0 Å². The molecule has 3 aliphatic rings. The number of methoxy groups -OCH3 is 1. The quantitative estimate of drug-likeness (QED) is 0.236. The number of nitrogens with one attached hydrogen (secondary N) is 2. The molecule has 1 aromatic carbocycles. The van der Waals surface area contributed by atoms with Gasteiger partial charge in [-0.2, -0.15) is 0 Å². The zero-order valence-corrected chi connectivity index (χ0v) is 33.9. The number of fused-ring (bicyclic) bond motifs is 6. The van der Waals surface area contributed by atoms with Crippen LogP contribution in [-0.4, -0.2) is 113 Å². The zero-order valence-electron chi connectivity index (χ0n) is 33.1. The van der Waals surface area contributed by atoms with Crippen molar-refractivity contribution in [2.24, 2.45) is 5.41 Å². The summed E-state index contributed by atoms with van der Waals surface area (Å²) >= 11 is 1.48. The van der Waals surface area contributed by atoms with Crippen molar-refractivity contribution in [2.45, 2.75) is 90.6 Å². The number of nitrogens with zero attached hydrogens (tertiary/aromatic N) is 6. The van der Waals surface area contributed by atoms with Crippen molar-refractivity contribution in [3.8, 4) is 22.5 Å². The smallest absolute Gasteiger partial charge is 0.324 e. The number of likely N-dealkylation sites (N-methyl/N-ethyl adjacent to an activating group) is 1. The molecule has 7 rings (SSSR count). The number of carbonyl (C=O) groups is 3. The Balaban J connectivity index is 1.32. The van der Waals surface area contributed by atoms with Gasteiger partial charge in [0.15, 0.2) is 0 Å². The SMILES string of the molecule is CCn1c(-c2cccnc2[C@H](C)OC)c2c3cc(ccc31)-c1csc(n1)C[C@H](NC(=O)N1CC[C@H]1CN(C)C)C(=O)N1CCC[C@H](N1)C(=O)OCC(C)(C)C2. The largest absolute Gasteiger partial charge is 0.464 e. The molecule has 55 heavy (non-hydrogen) atoms. The van der Waals surface area contributed by atoms with Gasteiger partial charge in [-0.1, -0.05) is 19.9 Å². The van der Waals surface area contributed by atoms with Crippen molar-refractivity contribution < 1.29 is 23.9 Å². The fraction of sp³-hybridized carbons (Fsp3) is 0.537. The van der Waals surface area contributed by atoms with E-state index in [0.29, 0.717) is 32.4 Å². The van der Waals surface area contributed by atoms with Gasteiger partial charge in [0.2, 0.25) is 0 Å². The molecule has 3 aromatic heterocycles. The molecule has 4 aromatic rings. The van der Waals surface area contributed by atoms with Gasteiger partial charge in [0.1, 0.15) is 12.1 Å². The Labute approximate surface area is 327 Å². The summed E-state index contributed by atoms with van der Waals surface area (Å²) in [5.41, 5.74) is 9.65. The van der Waals surface area contributed by atoms with Gasteiger partial charge < -0.3 is 29.2 Å². The molecular formula is C41H54N8O5S. The van der Waals surface area contributed by atoms with Gasteiger partial charge in [0.05, 0.1) is 34.8 Å². The number of likely N-dealkylation sites (tertiary alicyclic amines) is 1. The van der Waals surface area contributed by atoms with Gasteiger partial charge >= 0.3 is 12.0 Å². The van der Waals surface area contributed by atoms with E-state index in [9.17, 15) is 14.4 Å². The van der Waals surface area contributed by atoms with Gasteiger partial charge in [-0.3, -0.25) is 19.6 Å². The third kappa shape index (κ3) is 8.00. The Morgan fingerprint density at radius 3 is 2.75 bits per heavy atom. The van der Waals surface area contributed by atoms with E-state index in [1.54, 1.807) is 18.2 Å². The molecule has 0 aliphatic carbocycles. The number of amides is 3. The molecule has 3 aliphatic heterocycles. The van der Waals surface area contributed by atoms with Crippen LogP contribution in [-0.2, 0) is 38.4 Å². The predicted octanol–water partition coefficient (Wildman–Crippen LogP) is 5.43. The van der Waals surface area contributed by atoms with Gasteiger partial charge in [-0.05, 0) is 83.5 Å². The lowest BCUT2D eigenvalue weighted by molar-refractivity contribution is -0.155. The van der Waals surface area contributed by atoms with Crippen LogP contribution in [0.2, 0.25) is 0 Å². The first-order chi connectivity index (χ1) is 26.4. The standard InChI is InChI=1S/C41H54N8O5S/c1-8-47-34-14-13-26-19-29(34)30(37(47)28-11-9-16-42-36(28)25(2)53-7)21-41(3,4)24-54-39(51)31-12-10-17-49(45-31)38(50)32(20-35-43-33(26)23-55-35)44-40(52)48-18-15-27(48)22-46(5)6/h9,11,13-14,16,19,23,25,27,31-32,45H,8,10,12,15,17-18,20-22,24H2,1-7H3,(H,44,52)/t25-,27-,31-,32-/m0/s1. The third-order valence-electron chi connectivity index (χ3n) is 11.1. The minimum Gasteiger partial charge on any atom is -0.464 e. The molecule has 13 nitrogen and oxygen atoms in total. The summed E-state index contributed by atoms with van der Waals surface area (Å²) in [6.45, 7) is 11.1. The number of pyridine rings is 1. The molecule has 2 fully saturated rings. The summed E-state index contributed by atoms with van der Waals surface area (Å²) in [5.74, 6) is -0.698. The van der Waals surface area contributed by atoms with E-state index in [1.807, 2.05) is 32.5 Å². The molecule has 0 unspecified atom stereocenters. The number of rotatable bonds is 7. The first kappa shape index (κ1) is 38.9. The highest BCUT2D eigenvalue weighted by atomic mass is 32.1. The van der Waals surface area contributed by atoms with Crippen molar-refractivity contribution in [3.05, 3.63) is 58.2 Å². The Morgan fingerprint density at radius 2 is 2.02 bits per heavy atom. The number of benzene rings is 1. The molecule has 4 atom stereocenters. The number of hydrogen-bond acceptors (Lipinski definition) is 10. The maximum absolute atomic E-state index is 14.2. The summed E-state index contributed by atoms with van der Waals surface area (Å²) in [6.07, 6.45) is 4.49. The van der Waals surface area contributed by atoms with Crippen LogP contribution in [0, 0.1) is 5.41 Å². The number of ether oxygens (including phenoxy) is 2. The van der Waals surface area contributed by atoms with E-state index in [4.69, 9.17) is 19.4 Å². The van der Waals surface area contributed by atoms with Crippen LogP contribution >= 0.6 is 11.3 Å². The summed E-state index contributed by atoms with van der Waals surface area (Å²) in [4.78, 5) is 55.3. The molecule has 294 valence electrons. The van der Waals surface area contributed by atoms with Gasteiger partial charge in [-0.15, -0.1) is 11.3 Å². The fourth-order valence-electron chi connectivity index (χ4n) is 8.12. The summed E-state index contributed by atoms with van der Waals surface area (Å²) < 4.78 is 14.2. The summed E-state index contributed by atoms with van der Waals surface area (Å²) in [6, 6.07) is 8.79. The van der Waals surface area contributed by atoms with E-state index in [-0.39, 0.29) is 37.1 Å². The second kappa shape index (κ2) is 16.0. The number of esters is 1. The minimum atomic E-state index is -0.884. The van der Waals surface area contributed by atoms with Crippen LogP contribution in [0.25, 0.3) is 33.4 Å². The first-order valence-corrected chi connectivity index (χ1v) is 20.3. The summed E-state index contributed by atoms with van der Waals surface area (Å²) in [5, 5.41) is 8.40. The Bertz CT molecular complexity index is 2060. The van der Waals surface area contributed by atoms with E-state index < -0.39 is 23.5 Å². The van der Waals surface area contributed by atoms with Crippen LogP contribution in [0.3, 0.4) is 0 Å². The highest BCUT2D eigenvalue weighted by Crippen LogP contribution is 2.42. The van der Waals surface area contributed by atoms with Crippen molar-refractivity contribution in [2.75, 3.05) is 47.4 Å². The van der Waals surface area contributed by atoms with Gasteiger partial charge in [0, 0.05) is 84.8 Å². The third-order valence-corrected chi connectivity index (χ3v) is 12.0. The lowest BCUT2D eigenvalue weighted by Crippen LogP contribution is -2.63. The molecule has 14 heteroatoms. The molecule has 6 heterocycles. The molecule has 0 radical (unpaired) electrons. The Hall–Kier alpha value is -4.37. The minimum absolute atomic E-state index is 0.0864. The Morgan fingerprint density at radius 1 is 1.20 bits per heavy atom. The number of hydrogen-bond donors (Lipinski definition) is 2. The van der Waals surface area contributed by atoms with Crippen LogP contribution in [0.15, 0.2) is 41.9 Å². The van der Waals surface area contributed by atoms with Crippen LogP contribution in [0.5, 0.6) is 0 Å². The number of cyclic esters (lactones) is 1. The number of urea groups is 1. The van der Waals surface area contributed by atoms with Crippen molar-refractivity contribution in [1.82, 2.24) is 40.1 Å². The van der Waals surface area contributed by atoms with Crippen molar-refractivity contribution >= 4 is 40.1 Å². The molecule has 3 amide bonds. The average molecular weight is 771 g/mol. The maximum Gasteiger partial charge on any atom is 0.324 e. The van der Waals surface area contributed by atoms with E-state index in [1.165, 1.54) is 16.3 Å². The van der Waals surface area contributed by atoms with E-state index >= 15 is 0 Å². The highest BCUT2D eigenvalue weighted by Gasteiger charge is 2.38. The number of aryl methyl sites for hydroxylation is 1. The van der Waals surface area contributed by atoms with Crippen LogP contribution < -0.4 is 10.7 Å². The van der Waals surface area contributed by atoms with Crippen LogP contribution in [0.4, 0.5) is 4.79 Å². The molecule has 0 spiro atoms. The second-order valence-corrected chi connectivity index (χ2v) is 17.1. The second-order valence-electron chi connectivity index (χ2n) is 16.1. The Kier molecular flexibility index (Phi) is 11.3. The fourth-order valence-corrected chi connectivity index (χ4v) is 8.97. The first-order valence-electron chi connectivity index (χ1n) is 19.4. The van der Waals surface area contributed by atoms with E-state index in [0.717, 1.165) is 69.2 Å². The molecule has 2 saturated heterocycles. The molecular weight excluding hydrogens is 717 g/mol. The number of carbonyl (C=O) groups excluding carboxylic acids is 3. The maximum atomic E-state index is 14.2. The molecule has 2 N–H and O–H groups in total. The van der Waals surface area contributed by atoms with Gasteiger partial charge in [-0.25, -0.2) is 15.2 Å². The number of hydrazine groups is 1. The zero-order chi connectivity index (χ0) is 39.0. The monoisotopic (exact) mass is 770 g/mol. The average Bonchev–Trinajstić information content (AvgIpc) is 3.76. The highest BCUT2D eigenvalue weighted by molar-refractivity contribution is 7.10. The number of aromatic nitrogens is 3. The molecule has 0 saturated carbocycles. The summed E-state index contributed by atoms with van der Waals surface area (Å²) in [7, 11) is 5.68. The lowest BCUT2D eigenvalue weighted by Gasteiger charge is -2.43. The molecule has 6 bridgehead atoms. The predicted molar refractivity (Wildman–Crippen MR) is 213 cm³/mol.